The van der Waals surface area contributed by atoms with Crippen LogP contribution in [0.1, 0.15) is 41.2 Å². The lowest BCUT2D eigenvalue weighted by atomic mass is 10.1. The first-order chi connectivity index (χ1) is 19.9. The molecule has 220 valence electrons. The number of aromatic nitrogens is 2. The van der Waals surface area contributed by atoms with Crippen LogP contribution in [0.15, 0.2) is 52.7 Å². The standard InChI is InChI=1S/C27H25F3N6O5S/c1-15-24(16(2)32-31-15)42(38,39)35-10-9-21-20(13-35)25(27(28,29)30)33-36(21)19-6-4-5-17(11-19)26(37)34(3)18-7-8-22-23(12-18)41-14-40-22/h4-8,11-12,24H,9-10,13-14H2,1-3H3. The molecule has 0 saturated carbocycles. The zero-order valence-electron chi connectivity index (χ0n) is 22.7. The van der Waals surface area contributed by atoms with Gasteiger partial charge in [-0.15, -0.1) is 0 Å². The molecule has 3 aliphatic rings. The number of rotatable bonds is 5. The van der Waals surface area contributed by atoms with Gasteiger partial charge in [-0.2, -0.15) is 32.8 Å². The molecule has 15 heteroatoms. The summed E-state index contributed by atoms with van der Waals surface area (Å²) >= 11 is 0. The van der Waals surface area contributed by atoms with Crippen LogP contribution in [0.2, 0.25) is 0 Å². The monoisotopic (exact) mass is 602 g/mol. The van der Waals surface area contributed by atoms with Gasteiger partial charge < -0.3 is 14.4 Å². The number of ether oxygens (including phenoxy) is 2. The largest absolute Gasteiger partial charge is 0.454 e. The number of alkyl halides is 3. The number of benzene rings is 2. The lowest BCUT2D eigenvalue weighted by molar-refractivity contribution is -0.142. The first-order valence-corrected chi connectivity index (χ1v) is 14.4. The molecule has 2 aromatic carbocycles. The van der Waals surface area contributed by atoms with Gasteiger partial charge in [0.25, 0.3) is 5.91 Å². The summed E-state index contributed by atoms with van der Waals surface area (Å²) in [6.07, 6.45) is -4.86. The quantitative estimate of drug-likeness (QED) is 0.439. The first kappa shape index (κ1) is 27.9. The molecule has 0 bridgehead atoms. The minimum Gasteiger partial charge on any atom is -0.454 e. The van der Waals surface area contributed by atoms with E-state index in [1.807, 2.05) is 0 Å². The summed E-state index contributed by atoms with van der Waals surface area (Å²) in [4.78, 5) is 14.8. The number of fused-ring (bicyclic) bond motifs is 2. The van der Waals surface area contributed by atoms with Crippen LogP contribution >= 0.6 is 0 Å². The molecule has 3 aliphatic heterocycles. The van der Waals surface area contributed by atoms with Gasteiger partial charge in [-0.05, 0) is 44.2 Å². The van der Waals surface area contributed by atoms with E-state index >= 15 is 0 Å². The van der Waals surface area contributed by atoms with E-state index in [2.05, 4.69) is 15.3 Å². The highest BCUT2D eigenvalue weighted by atomic mass is 32.2. The molecule has 0 aliphatic carbocycles. The van der Waals surface area contributed by atoms with Crippen molar-refractivity contribution >= 4 is 33.0 Å². The maximum Gasteiger partial charge on any atom is 0.435 e. The summed E-state index contributed by atoms with van der Waals surface area (Å²) in [5, 5.41) is 10.4. The average molecular weight is 603 g/mol. The van der Waals surface area contributed by atoms with E-state index in [0.29, 0.717) is 17.2 Å². The second kappa shape index (κ2) is 9.94. The molecule has 0 saturated heterocycles. The number of hydrogen-bond acceptors (Lipinski definition) is 8. The SMILES string of the molecule is CC1=NN=C(C)C1S(=O)(=O)N1CCc2c(c(C(F)(F)F)nn2-c2cccc(C(=O)N(C)c3ccc4c(c3)OCO4)c2)C1. The Hall–Kier alpha value is -4.24. The van der Waals surface area contributed by atoms with Crippen molar-refractivity contribution in [2.24, 2.45) is 10.2 Å². The summed E-state index contributed by atoms with van der Waals surface area (Å²) in [5.74, 6) is 0.653. The minimum atomic E-state index is -4.84. The van der Waals surface area contributed by atoms with E-state index in [4.69, 9.17) is 9.47 Å². The van der Waals surface area contributed by atoms with Crippen molar-refractivity contribution in [3.8, 4) is 17.2 Å². The fraction of sp³-hybridized carbons (Fsp3) is 0.333. The van der Waals surface area contributed by atoms with Gasteiger partial charge in [-0.25, -0.2) is 13.1 Å². The normalized spacial score (nSPS) is 17.2. The van der Waals surface area contributed by atoms with Crippen molar-refractivity contribution in [1.82, 2.24) is 14.1 Å². The van der Waals surface area contributed by atoms with E-state index in [0.717, 1.165) is 8.99 Å². The molecule has 11 nitrogen and oxygen atoms in total. The number of halogens is 3. The van der Waals surface area contributed by atoms with Gasteiger partial charge in [-0.3, -0.25) is 4.79 Å². The number of nitrogens with zero attached hydrogens (tertiary/aromatic N) is 6. The van der Waals surface area contributed by atoms with Crippen molar-refractivity contribution in [1.29, 1.82) is 0 Å². The topological polar surface area (TPSA) is 119 Å². The fourth-order valence-corrected chi connectivity index (χ4v) is 7.28. The molecule has 0 N–H and O–H groups in total. The van der Waals surface area contributed by atoms with Crippen LogP contribution in [0.5, 0.6) is 11.5 Å². The Balaban J connectivity index is 1.33. The van der Waals surface area contributed by atoms with Gasteiger partial charge in [0.1, 0.15) is 0 Å². The molecule has 1 aromatic heterocycles. The van der Waals surface area contributed by atoms with Gasteiger partial charge in [0.05, 0.1) is 22.8 Å². The molecule has 4 heterocycles. The molecule has 42 heavy (non-hydrogen) atoms. The Morgan fingerprint density at radius 2 is 1.76 bits per heavy atom. The smallest absolute Gasteiger partial charge is 0.435 e. The third kappa shape index (κ3) is 4.61. The molecular weight excluding hydrogens is 577 g/mol. The third-order valence-corrected chi connectivity index (χ3v) is 9.77. The van der Waals surface area contributed by atoms with Crippen LogP contribution in [0.3, 0.4) is 0 Å². The van der Waals surface area contributed by atoms with E-state index in [1.54, 1.807) is 43.4 Å². The zero-order valence-corrected chi connectivity index (χ0v) is 23.5. The Labute approximate surface area is 238 Å². The van der Waals surface area contributed by atoms with Crippen LogP contribution in [0, 0.1) is 0 Å². The third-order valence-electron chi connectivity index (χ3n) is 7.46. The maximum atomic E-state index is 14.2. The molecule has 0 fully saturated rings. The van der Waals surface area contributed by atoms with Crippen LogP contribution in [0.25, 0.3) is 5.69 Å². The zero-order chi connectivity index (χ0) is 30.0. The summed E-state index contributed by atoms with van der Waals surface area (Å²) < 4.78 is 82.3. The fourth-order valence-electron chi connectivity index (χ4n) is 5.37. The molecule has 1 amide bonds. The molecule has 0 unspecified atom stereocenters. The average Bonchev–Trinajstić information content (AvgIpc) is 3.68. The van der Waals surface area contributed by atoms with Gasteiger partial charge in [-0.1, -0.05) is 6.07 Å². The van der Waals surface area contributed by atoms with Gasteiger partial charge >= 0.3 is 6.18 Å². The van der Waals surface area contributed by atoms with E-state index < -0.39 is 39.6 Å². The number of carbonyl (C=O) groups excluding carboxylic acids is 1. The number of amides is 1. The maximum absolute atomic E-state index is 14.2. The van der Waals surface area contributed by atoms with Crippen molar-refractivity contribution < 1.29 is 35.9 Å². The number of carbonyl (C=O) groups is 1. The predicted octanol–water partition coefficient (Wildman–Crippen LogP) is 3.80. The van der Waals surface area contributed by atoms with Gasteiger partial charge in [0.15, 0.2) is 22.4 Å². The van der Waals surface area contributed by atoms with Gasteiger partial charge in [0, 0.05) is 49.4 Å². The summed E-state index contributed by atoms with van der Waals surface area (Å²) in [6, 6.07) is 11.2. The lowest BCUT2D eigenvalue weighted by Crippen LogP contribution is -2.46. The number of sulfonamides is 1. The van der Waals surface area contributed by atoms with Crippen LogP contribution in [0.4, 0.5) is 18.9 Å². The van der Waals surface area contributed by atoms with E-state index in [1.165, 1.54) is 24.8 Å². The Morgan fingerprint density at radius 1 is 1.05 bits per heavy atom. The highest BCUT2D eigenvalue weighted by molar-refractivity contribution is 7.91. The second-order valence-electron chi connectivity index (χ2n) is 10.1. The molecule has 3 aromatic rings. The lowest BCUT2D eigenvalue weighted by Gasteiger charge is -2.29. The predicted molar refractivity (Wildman–Crippen MR) is 147 cm³/mol. The minimum absolute atomic E-state index is 0.0218. The Kier molecular flexibility index (Phi) is 6.61. The van der Waals surface area contributed by atoms with Crippen LogP contribution < -0.4 is 14.4 Å². The van der Waals surface area contributed by atoms with Crippen LogP contribution in [-0.2, 0) is 29.2 Å². The summed E-state index contributed by atoms with van der Waals surface area (Å²) in [7, 11) is -2.51. The van der Waals surface area contributed by atoms with E-state index in [9.17, 15) is 26.4 Å². The Bertz CT molecular complexity index is 1760. The van der Waals surface area contributed by atoms with Crippen molar-refractivity contribution in [2.75, 3.05) is 25.3 Å². The second-order valence-corrected chi connectivity index (χ2v) is 12.1. The number of anilines is 1. The highest BCUT2D eigenvalue weighted by Gasteiger charge is 2.45. The van der Waals surface area contributed by atoms with Crippen LogP contribution in [-0.4, -0.2) is 65.5 Å². The molecule has 0 spiro atoms. The van der Waals surface area contributed by atoms with Crippen molar-refractivity contribution in [3.05, 3.63) is 65.0 Å². The molecular formula is C27H25F3N6O5S. The molecule has 0 radical (unpaired) electrons. The molecule has 0 atom stereocenters. The van der Waals surface area contributed by atoms with Crippen molar-refractivity contribution in [3.63, 3.8) is 0 Å². The van der Waals surface area contributed by atoms with Crippen molar-refractivity contribution in [2.45, 2.75) is 38.2 Å². The van der Waals surface area contributed by atoms with E-state index in [-0.39, 0.29) is 53.7 Å². The molecule has 6 rings (SSSR count). The first-order valence-electron chi connectivity index (χ1n) is 12.9. The number of hydrogen-bond donors (Lipinski definition) is 0. The Morgan fingerprint density at radius 3 is 2.48 bits per heavy atom. The summed E-state index contributed by atoms with van der Waals surface area (Å²) in [5.41, 5.74) is 0.345. The highest BCUT2D eigenvalue weighted by Crippen LogP contribution is 2.38. The summed E-state index contributed by atoms with van der Waals surface area (Å²) in [6.45, 7) is 2.57. The van der Waals surface area contributed by atoms with Gasteiger partial charge in [0.2, 0.25) is 16.8 Å².